The van der Waals surface area contributed by atoms with Crippen LogP contribution < -0.4 is 19.7 Å². The fourth-order valence-corrected chi connectivity index (χ4v) is 5.31. The number of anilines is 1. The van der Waals surface area contributed by atoms with Gasteiger partial charge >= 0.3 is 10.5 Å². The van der Waals surface area contributed by atoms with Crippen LogP contribution in [0.25, 0.3) is 10.9 Å². The zero-order valence-electron chi connectivity index (χ0n) is 22.3. The normalized spacial score (nSPS) is 19.1. The number of benzene rings is 1. The number of nitrogens with one attached hydrogen (secondary N) is 2. The number of pyridine rings is 1. The Morgan fingerprint density at radius 3 is 2.73 bits per heavy atom. The van der Waals surface area contributed by atoms with Crippen molar-refractivity contribution in [3.8, 4) is 11.8 Å². The molecule has 2 aliphatic heterocycles. The molecule has 222 valence electrons. The van der Waals surface area contributed by atoms with Crippen molar-refractivity contribution in [3.05, 3.63) is 30.0 Å². The van der Waals surface area contributed by atoms with Gasteiger partial charge in [0, 0.05) is 63.8 Å². The molecular weight excluding hydrogens is 567 g/mol. The van der Waals surface area contributed by atoms with Crippen LogP contribution in [0.3, 0.4) is 0 Å². The van der Waals surface area contributed by atoms with E-state index in [1.165, 1.54) is 24.4 Å². The van der Waals surface area contributed by atoms with Gasteiger partial charge in [-0.2, -0.15) is 13.7 Å². The Kier molecular flexibility index (Phi) is 9.20. The van der Waals surface area contributed by atoms with E-state index in [0.717, 1.165) is 37.6 Å². The van der Waals surface area contributed by atoms with Crippen LogP contribution in [0.5, 0.6) is 5.75 Å². The van der Waals surface area contributed by atoms with Gasteiger partial charge in [0.1, 0.15) is 6.04 Å². The van der Waals surface area contributed by atoms with Gasteiger partial charge in [0.2, 0.25) is 5.91 Å². The molecule has 16 heteroatoms. The summed E-state index contributed by atoms with van der Waals surface area (Å²) in [5, 5.41) is 15.0. The third-order valence-electron chi connectivity index (χ3n) is 6.98. The van der Waals surface area contributed by atoms with Crippen molar-refractivity contribution in [1.82, 2.24) is 25.4 Å². The van der Waals surface area contributed by atoms with Gasteiger partial charge in [-0.1, -0.05) is 3.89 Å². The number of carbonyl (C=O) groups excluding carboxylic acids is 2. The molecule has 0 spiro atoms. The van der Waals surface area contributed by atoms with Gasteiger partial charge in [0.25, 0.3) is 11.8 Å². The molecule has 0 radical (unpaired) electrons. The second-order valence-corrected chi connectivity index (χ2v) is 10.9. The molecule has 2 fully saturated rings. The van der Waals surface area contributed by atoms with Crippen LogP contribution in [0.4, 0.5) is 18.4 Å². The molecule has 1 aromatic carbocycles. The number of rotatable bonds is 10. The van der Waals surface area contributed by atoms with Crippen LogP contribution in [0.2, 0.25) is 0 Å². The Bertz CT molecular complexity index is 1450. The van der Waals surface area contributed by atoms with Gasteiger partial charge in [-0.25, -0.2) is 8.78 Å². The summed E-state index contributed by atoms with van der Waals surface area (Å²) in [4.78, 5) is 34.4. The van der Waals surface area contributed by atoms with E-state index in [0.29, 0.717) is 13.0 Å². The molecule has 12 nitrogen and oxygen atoms in total. The number of carbonyl (C=O) groups is 2. The van der Waals surface area contributed by atoms with E-state index < -0.39 is 53.8 Å². The van der Waals surface area contributed by atoms with Gasteiger partial charge < -0.3 is 29.5 Å². The first-order valence-electron chi connectivity index (χ1n) is 12.9. The summed E-state index contributed by atoms with van der Waals surface area (Å²) < 4.78 is 68.3. The van der Waals surface area contributed by atoms with Gasteiger partial charge in [-0.3, -0.25) is 14.6 Å². The SMILES string of the molecule is CN(CCCN1CCNCC1)c1cc2c(C(=O)NCC(=O)N3CC(F)(F)CC3C#N)ccnc2cc1OS(=O)(=O)F. The Labute approximate surface area is 235 Å². The fourth-order valence-electron chi connectivity index (χ4n) is 4.97. The maximum absolute atomic E-state index is 13.7. The van der Waals surface area contributed by atoms with Crippen LogP contribution >= 0.6 is 0 Å². The summed E-state index contributed by atoms with van der Waals surface area (Å²) in [6, 6.07) is 4.38. The Morgan fingerprint density at radius 2 is 2.05 bits per heavy atom. The lowest BCUT2D eigenvalue weighted by molar-refractivity contribution is -0.131. The lowest BCUT2D eigenvalue weighted by Gasteiger charge is -2.28. The van der Waals surface area contributed by atoms with Gasteiger partial charge in [-0.15, -0.1) is 0 Å². The van der Waals surface area contributed by atoms with E-state index in [1.807, 2.05) is 0 Å². The molecule has 1 aromatic heterocycles. The number of likely N-dealkylation sites (tertiary alicyclic amines) is 1. The molecule has 1 unspecified atom stereocenters. The average Bonchev–Trinajstić information content (AvgIpc) is 3.25. The maximum Gasteiger partial charge on any atom is 0.488 e. The van der Waals surface area contributed by atoms with Crippen LogP contribution in [-0.2, 0) is 15.3 Å². The minimum absolute atomic E-state index is 0.0523. The number of amides is 2. The lowest BCUT2D eigenvalue weighted by Crippen LogP contribution is -2.44. The second-order valence-electron chi connectivity index (χ2n) is 9.95. The van der Waals surface area contributed by atoms with E-state index in [-0.39, 0.29) is 27.9 Å². The number of fused-ring (bicyclic) bond motifs is 1. The lowest BCUT2D eigenvalue weighted by atomic mass is 10.1. The molecule has 2 N–H and O–H groups in total. The molecule has 2 amide bonds. The standard InChI is InChI=1S/C25H30F3N7O5S/c1-33(7-2-8-34-9-5-30-6-10-34)21-11-19-18(3-4-31-20(19)12-22(21)40-41(28,38)39)24(37)32-15-23(36)35-16-25(26,27)13-17(35)14-29/h3-4,11-12,17,30H,2,5-10,13,15-16H2,1H3,(H,32,37). The Hall–Kier alpha value is -3.68. The van der Waals surface area contributed by atoms with Crippen molar-refractivity contribution in [2.24, 2.45) is 0 Å². The third kappa shape index (κ3) is 7.75. The number of hydrogen-bond acceptors (Lipinski definition) is 10. The number of alkyl halides is 2. The molecule has 0 aliphatic carbocycles. The smallest absolute Gasteiger partial charge is 0.371 e. The average molecular weight is 598 g/mol. The predicted molar refractivity (Wildman–Crippen MR) is 143 cm³/mol. The summed E-state index contributed by atoms with van der Waals surface area (Å²) in [6.07, 6.45) is 1.19. The monoisotopic (exact) mass is 597 g/mol. The minimum atomic E-state index is -5.37. The van der Waals surface area contributed by atoms with Crippen LogP contribution in [0.1, 0.15) is 23.2 Å². The van der Waals surface area contributed by atoms with Crippen LogP contribution in [0, 0.1) is 11.3 Å². The van der Waals surface area contributed by atoms with Gasteiger partial charge in [-0.05, 0) is 25.1 Å². The third-order valence-corrected chi connectivity index (χ3v) is 7.36. The highest BCUT2D eigenvalue weighted by molar-refractivity contribution is 7.81. The van der Waals surface area contributed by atoms with Gasteiger partial charge in [0.05, 0.1) is 35.9 Å². The molecule has 0 bridgehead atoms. The van der Waals surface area contributed by atoms with Crippen molar-refractivity contribution >= 4 is 38.9 Å². The molecule has 4 rings (SSSR count). The number of hydrogen-bond donors (Lipinski definition) is 2. The number of aromatic nitrogens is 1. The van der Waals surface area contributed by atoms with E-state index >= 15 is 0 Å². The minimum Gasteiger partial charge on any atom is -0.371 e. The summed E-state index contributed by atoms with van der Waals surface area (Å²) in [7, 11) is -3.71. The van der Waals surface area contributed by atoms with Crippen LogP contribution in [0.15, 0.2) is 24.4 Å². The zero-order chi connectivity index (χ0) is 29.8. The molecule has 41 heavy (non-hydrogen) atoms. The Balaban J connectivity index is 1.54. The molecular formula is C25H30F3N7O5S. The molecule has 2 aromatic rings. The first-order valence-corrected chi connectivity index (χ1v) is 14.2. The van der Waals surface area contributed by atoms with Crippen molar-refractivity contribution in [2.45, 2.75) is 24.8 Å². The summed E-state index contributed by atoms with van der Waals surface area (Å²) in [6.45, 7) is 3.28. The summed E-state index contributed by atoms with van der Waals surface area (Å²) >= 11 is 0. The summed E-state index contributed by atoms with van der Waals surface area (Å²) in [5.74, 6) is -5.08. The highest BCUT2D eigenvalue weighted by atomic mass is 32.3. The Morgan fingerprint density at radius 1 is 1.32 bits per heavy atom. The molecule has 3 heterocycles. The number of nitriles is 1. The maximum atomic E-state index is 13.7. The largest absolute Gasteiger partial charge is 0.488 e. The van der Waals surface area contributed by atoms with Crippen LogP contribution in [-0.4, -0.2) is 106 Å². The highest BCUT2D eigenvalue weighted by Gasteiger charge is 2.47. The van der Waals surface area contributed by atoms with Crippen molar-refractivity contribution < 1.29 is 34.9 Å². The quantitative estimate of drug-likeness (QED) is 0.381. The van der Waals surface area contributed by atoms with Gasteiger partial charge in [0.15, 0.2) is 5.75 Å². The molecule has 1 atom stereocenters. The number of piperazine rings is 1. The van der Waals surface area contributed by atoms with E-state index in [1.54, 1.807) is 18.0 Å². The zero-order valence-corrected chi connectivity index (χ0v) is 23.1. The second kappa shape index (κ2) is 12.5. The fraction of sp³-hybridized carbons (Fsp3) is 0.520. The number of nitrogens with zero attached hydrogens (tertiary/aromatic N) is 5. The van der Waals surface area contributed by atoms with Crippen molar-refractivity contribution in [1.29, 1.82) is 5.26 Å². The van der Waals surface area contributed by atoms with Crippen molar-refractivity contribution in [3.63, 3.8) is 0 Å². The van der Waals surface area contributed by atoms with E-state index in [4.69, 9.17) is 5.26 Å². The van der Waals surface area contributed by atoms with E-state index in [2.05, 4.69) is 24.7 Å². The topological polar surface area (TPSA) is 148 Å². The molecule has 2 aliphatic rings. The van der Waals surface area contributed by atoms with Crippen molar-refractivity contribution in [2.75, 3.05) is 64.3 Å². The predicted octanol–water partition coefficient (Wildman–Crippen LogP) is 1.05. The highest BCUT2D eigenvalue weighted by Crippen LogP contribution is 2.35. The molecule has 0 saturated carbocycles. The number of halogens is 3. The molecule has 2 saturated heterocycles. The first kappa shape index (κ1) is 30.3. The van der Waals surface area contributed by atoms with E-state index in [9.17, 15) is 30.7 Å². The first-order chi connectivity index (χ1) is 19.4. The summed E-state index contributed by atoms with van der Waals surface area (Å²) in [5.41, 5.74) is 0.356.